The second-order valence-electron chi connectivity index (χ2n) is 4.50. The molecule has 0 amide bonds. The number of nitrogens with zero attached hydrogens (tertiary/aromatic N) is 1. The van der Waals surface area contributed by atoms with E-state index in [1.807, 2.05) is 0 Å². The lowest BCUT2D eigenvalue weighted by Crippen LogP contribution is -2.20. The summed E-state index contributed by atoms with van der Waals surface area (Å²) in [7, 11) is -4.12. The lowest BCUT2D eigenvalue weighted by atomic mass is 10.2. The van der Waals surface area contributed by atoms with Crippen LogP contribution >= 0.6 is 0 Å². The molecule has 2 rings (SSSR count). The number of sulfonamides is 1. The van der Waals surface area contributed by atoms with Crippen LogP contribution in [0.3, 0.4) is 0 Å². The number of nitrogens with two attached hydrogens (primary N) is 1. The zero-order valence-electron chi connectivity index (χ0n) is 10.7. The summed E-state index contributed by atoms with van der Waals surface area (Å²) < 4.78 is 33.9. The van der Waals surface area contributed by atoms with Crippen molar-refractivity contribution in [1.29, 1.82) is 0 Å². The van der Waals surface area contributed by atoms with Crippen molar-refractivity contribution in [2.45, 2.75) is 24.3 Å². The summed E-state index contributed by atoms with van der Waals surface area (Å²) in [6.45, 7) is 2.41. The first-order chi connectivity index (χ1) is 9.29. The number of rotatable bonds is 4. The highest BCUT2D eigenvalue weighted by Gasteiger charge is 2.26. The molecular weight excluding hydrogens is 288 g/mol. The van der Waals surface area contributed by atoms with E-state index >= 15 is 0 Å². The normalized spacial score (nSPS) is 19.0. The van der Waals surface area contributed by atoms with Crippen LogP contribution in [0.1, 0.15) is 12.0 Å². The third kappa shape index (κ3) is 3.06. The minimum absolute atomic E-state index is 0.0496. The highest BCUT2D eigenvalue weighted by molar-refractivity contribution is 7.89. The van der Waals surface area contributed by atoms with Gasteiger partial charge in [-0.2, -0.15) is 0 Å². The molecule has 0 aliphatic carbocycles. The fraction of sp³-hybridized carbons (Fsp3) is 0.455. The van der Waals surface area contributed by atoms with Crippen molar-refractivity contribution < 1.29 is 22.8 Å². The van der Waals surface area contributed by atoms with Crippen molar-refractivity contribution in [1.82, 2.24) is 0 Å². The van der Waals surface area contributed by atoms with Crippen molar-refractivity contribution in [3.8, 4) is 5.75 Å². The van der Waals surface area contributed by atoms with Gasteiger partial charge in [0.1, 0.15) is 16.7 Å². The Bertz CT molecular complexity index is 637. The van der Waals surface area contributed by atoms with Gasteiger partial charge < -0.3 is 9.47 Å². The lowest BCUT2D eigenvalue weighted by Gasteiger charge is -2.16. The van der Waals surface area contributed by atoms with E-state index in [-0.39, 0.29) is 22.4 Å². The monoisotopic (exact) mass is 302 g/mol. The maximum Gasteiger partial charge on any atom is 0.271 e. The Morgan fingerprint density at radius 1 is 1.50 bits per heavy atom. The summed E-state index contributed by atoms with van der Waals surface area (Å²) in [5, 5.41) is 15.9. The third-order valence-electron chi connectivity index (χ3n) is 2.92. The van der Waals surface area contributed by atoms with Crippen LogP contribution in [0.5, 0.6) is 5.75 Å². The first kappa shape index (κ1) is 14.7. The highest BCUT2D eigenvalue weighted by atomic mass is 32.2. The van der Waals surface area contributed by atoms with Gasteiger partial charge in [0.25, 0.3) is 5.69 Å². The van der Waals surface area contributed by atoms with Gasteiger partial charge in [0, 0.05) is 18.6 Å². The van der Waals surface area contributed by atoms with Crippen molar-refractivity contribution in [3.63, 3.8) is 0 Å². The molecule has 1 unspecified atom stereocenters. The van der Waals surface area contributed by atoms with Gasteiger partial charge >= 0.3 is 0 Å². The molecule has 0 bridgehead atoms. The van der Waals surface area contributed by atoms with Crippen LogP contribution in [0.15, 0.2) is 17.0 Å². The topological polar surface area (TPSA) is 122 Å². The highest BCUT2D eigenvalue weighted by Crippen LogP contribution is 2.33. The van der Waals surface area contributed by atoms with Crippen LogP contribution in [-0.2, 0) is 14.8 Å². The first-order valence-corrected chi connectivity index (χ1v) is 7.40. The Morgan fingerprint density at radius 3 is 2.70 bits per heavy atom. The average Bonchev–Trinajstić information content (AvgIpc) is 2.82. The van der Waals surface area contributed by atoms with E-state index in [0.29, 0.717) is 25.2 Å². The quantitative estimate of drug-likeness (QED) is 0.646. The minimum Gasteiger partial charge on any atom is -0.486 e. The van der Waals surface area contributed by atoms with Gasteiger partial charge in [0.2, 0.25) is 10.0 Å². The molecule has 1 atom stereocenters. The van der Waals surface area contributed by atoms with E-state index in [1.54, 1.807) is 0 Å². The molecule has 2 N–H and O–H groups in total. The number of non-ortho nitro benzene ring substituents is 1. The molecule has 1 aliphatic heterocycles. The average molecular weight is 302 g/mol. The van der Waals surface area contributed by atoms with Crippen LogP contribution in [-0.4, -0.2) is 32.7 Å². The molecule has 1 aromatic rings. The van der Waals surface area contributed by atoms with Crippen molar-refractivity contribution in [2.75, 3.05) is 13.2 Å². The van der Waals surface area contributed by atoms with Crippen LogP contribution < -0.4 is 9.88 Å². The number of benzene rings is 1. The molecule has 9 heteroatoms. The number of nitro benzene ring substituents is 1. The van der Waals surface area contributed by atoms with Gasteiger partial charge in [-0.3, -0.25) is 10.1 Å². The Kier molecular flexibility index (Phi) is 3.93. The molecule has 8 nitrogen and oxygen atoms in total. The summed E-state index contributed by atoms with van der Waals surface area (Å²) in [4.78, 5) is 9.74. The van der Waals surface area contributed by atoms with Gasteiger partial charge in [-0.1, -0.05) is 0 Å². The number of ether oxygens (including phenoxy) is 2. The molecule has 1 aliphatic rings. The number of hydrogen-bond donors (Lipinski definition) is 1. The van der Waals surface area contributed by atoms with E-state index in [1.165, 1.54) is 13.0 Å². The summed E-state index contributed by atoms with van der Waals surface area (Å²) in [5.41, 5.74) is -0.00308. The molecule has 0 spiro atoms. The van der Waals surface area contributed by atoms with Crippen LogP contribution in [0.2, 0.25) is 0 Å². The first-order valence-electron chi connectivity index (χ1n) is 5.85. The van der Waals surface area contributed by atoms with E-state index in [9.17, 15) is 18.5 Å². The minimum atomic E-state index is -4.12. The van der Waals surface area contributed by atoms with Crippen LogP contribution in [0, 0.1) is 17.0 Å². The van der Waals surface area contributed by atoms with E-state index in [2.05, 4.69) is 0 Å². The van der Waals surface area contributed by atoms with E-state index < -0.39 is 14.9 Å². The Morgan fingerprint density at radius 2 is 2.20 bits per heavy atom. The van der Waals surface area contributed by atoms with Crippen molar-refractivity contribution >= 4 is 15.7 Å². The lowest BCUT2D eigenvalue weighted by molar-refractivity contribution is -0.385. The molecule has 110 valence electrons. The largest absolute Gasteiger partial charge is 0.486 e. The maximum absolute atomic E-state index is 11.6. The van der Waals surface area contributed by atoms with Crippen LogP contribution in [0.4, 0.5) is 5.69 Å². The molecule has 1 aromatic carbocycles. The Balaban J connectivity index is 2.50. The third-order valence-corrected chi connectivity index (χ3v) is 3.83. The number of aryl methyl sites for hydroxylation is 1. The molecule has 1 fully saturated rings. The standard InChI is InChI=1S/C11H14N2O6S/c1-7-4-8(13(14)15)5-10(20(12,16)17)11(7)19-9-2-3-18-6-9/h4-5,9H,2-3,6H2,1H3,(H2,12,16,17). The molecular formula is C11H14N2O6S. The molecule has 1 saturated heterocycles. The summed E-state index contributed by atoms with van der Waals surface area (Å²) in [6.07, 6.45) is 0.344. The number of nitro groups is 1. The smallest absolute Gasteiger partial charge is 0.271 e. The number of primary sulfonamides is 1. The second-order valence-corrected chi connectivity index (χ2v) is 6.03. The predicted molar refractivity (Wildman–Crippen MR) is 69.1 cm³/mol. The SMILES string of the molecule is Cc1cc([N+](=O)[O-])cc(S(N)(=O)=O)c1OC1CCOC1. The molecule has 0 aromatic heterocycles. The zero-order valence-corrected chi connectivity index (χ0v) is 11.6. The number of hydrogen-bond acceptors (Lipinski definition) is 6. The molecule has 20 heavy (non-hydrogen) atoms. The van der Waals surface area contributed by atoms with Gasteiger partial charge in [0.05, 0.1) is 18.1 Å². The van der Waals surface area contributed by atoms with Crippen molar-refractivity contribution in [2.24, 2.45) is 5.14 Å². The molecule has 1 heterocycles. The van der Waals surface area contributed by atoms with Gasteiger partial charge in [0.15, 0.2) is 0 Å². The summed E-state index contributed by atoms with van der Waals surface area (Å²) >= 11 is 0. The fourth-order valence-corrected chi connectivity index (χ4v) is 2.72. The van der Waals surface area contributed by atoms with Crippen molar-refractivity contribution in [3.05, 3.63) is 27.8 Å². The predicted octanol–water partition coefficient (Wildman–Crippen LogP) is 0.718. The molecule has 0 radical (unpaired) electrons. The molecule has 0 saturated carbocycles. The zero-order chi connectivity index (χ0) is 14.9. The van der Waals surface area contributed by atoms with E-state index in [4.69, 9.17) is 14.6 Å². The fourth-order valence-electron chi connectivity index (χ4n) is 1.96. The summed E-state index contributed by atoms with van der Waals surface area (Å²) in [5.74, 6) is 0.0496. The van der Waals surface area contributed by atoms with E-state index in [0.717, 1.165) is 6.07 Å². The van der Waals surface area contributed by atoms with Gasteiger partial charge in [-0.15, -0.1) is 0 Å². The second kappa shape index (κ2) is 5.35. The van der Waals surface area contributed by atoms with Crippen LogP contribution in [0.25, 0.3) is 0 Å². The van der Waals surface area contributed by atoms with Gasteiger partial charge in [-0.25, -0.2) is 13.6 Å². The van der Waals surface area contributed by atoms with Gasteiger partial charge in [-0.05, 0) is 12.5 Å². The maximum atomic E-state index is 11.6. The summed E-state index contributed by atoms with van der Waals surface area (Å²) in [6, 6.07) is 2.16. The Labute approximate surface area is 115 Å². The Hall–Kier alpha value is -1.71.